The topological polar surface area (TPSA) is 85.1 Å². The predicted octanol–water partition coefficient (Wildman–Crippen LogP) is 3.63. The number of hydrogen-bond acceptors (Lipinski definition) is 6. The lowest BCUT2D eigenvalue weighted by molar-refractivity contribution is -0.170. The molecular formula is C26H35N3O5. The molecule has 1 spiro atoms. The van der Waals surface area contributed by atoms with E-state index in [2.05, 4.69) is 18.0 Å². The van der Waals surface area contributed by atoms with Gasteiger partial charge in [-0.3, -0.25) is 9.59 Å². The number of nitrogens with zero attached hydrogens (tertiary/aromatic N) is 3. The maximum Gasteiger partial charge on any atom is 0.276 e. The first kappa shape index (κ1) is 24.3. The average molecular weight is 470 g/mol. The van der Waals surface area contributed by atoms with E-state index in [9.17, 15) is 9.59 Å². The van der Waals surface area contributed by atoms with Crippen LogP contribution in [0.5, 0.6) is 5.75 Å². The summed E-state index contributed by atoms with van der Waals surface area (Å²) in [6, 6.07) is 8.12. The van der Waals surface area contributed by atoms with Crippen LogP contribution in [0.2, 0.25) is 0 Å². The van der Waals surface area contributed by atoms with Crippen molar-refractivity contribution < 1.29 is 23.5 Å². The molecule has 1 fully saturated rings. The third kappa shape index (κ3) is 5.43. The minimum absolute atomic E-state index is 0.0489. The number of rotatable bonds is 4. The Kier molecular flexibility index (Phi) is 7.88. The molecule has 1 atom stereocenters. The van der Waals surface area contributed by atoms with Crippen molar-refractivity contribution in [3.63, 3.8) is 0 Å². The van der Waals surface area contributed by atoms with Crippen LogP contribution in [0.15, 0.2) is 34.9 Å². The van der Waals surface area contributed by atoms with Gasteiger partial charge in [-0.2, -0.15) is 0 Å². The van der Waals surface area contributed by atoms with E-state index in [0.29, 0.717) is 45.2 Å². The molecule has 184 valence electrons. The van der Waals surface area contributed by atoms with Gasteiger partial charge >= 0.3 is 0 Å². The molecule has 0 N–H and O–H groups in total. The fourth-order valence-electron chi connectivity index (χ4n) is 4.76. The van der Waals surface area contributed by atoms with Crippen molar-refractivity contribution >= 4 is 11.8 Å². The Hall–Kier alpha value is -2.87. The summed E-state index contributed by atoms with van der Waals surface area (Å²) in [5.74, 6) is 1.07. The number of carbonyl (C=O) groups is 2. The van der Waals surface area contributed by atoms with E-state index < -0.39 is 5.60 Å². The zero-order chi connectivity index (χ0) is 24.0. The molecule has 8 nitrogen and oxygen atoms in total. The van der Waals surface area contributed by atoms with Crippen molar-refractivity contribution in [3.05, 3.63) is 47.7 Å². The Labute approximate surface area is 201 Å². The number of ether oxygens (including phenoxy) is 2. The van der Waals surface area contributed by atoms with Gasteiger partial charge in [0.05, 0.1) is 19.7 Å². The van der Waals surface area contributed by atoms with Crippen molar-refractivity contribution in [1.29, 1.82) is 0 Å². The van der Waals surface area contributed by atoms with Crippen LogP contribution in [0.1, 0.15) is 61.0 Å². The zero-order valence-corrected chi connectivity index (χ0v) is 20.3. The van der Waals surface area contributed by atoms with Crippen molar-refractivity contribution in [1.82, 2.24) is 14.8 Å². The van der Waals surface area contributed by atoms with E-state index in [-0.39, 0.29) is 24.1 Å². The van der Waals surface area contributed by atoms with Crippen LogP contribution in [-0.2, 0) is 16.0 Å². The zero-order valence-electron chi connectivity index (χ0n) is 20.3. The molecule has 8 heteroatoms. The monoisotopic (exact) mass is 469 g/mol. The first-order valence-corrected chi connectivity index (χ1v) is 12.4. The molecule has 3 heterocycles. The van der Waals surface area contributed by atoms with E-state index in [1.165, 1.54) is 11.8 Å². The van der Waals surface area contributed by atoms with Crippen LogP contribution in [0.4, 0.5) is 0 Å². The lowest BCUT2D eigenvalue weighted by atomic mass is 9.90. The average Bonchev–Trinajstić information content (AvgIpc) is 3.29. The fraction of sp³-hybridized carbons (Fsp3) is 0.577. The molecule has 2 amide bonds. The van der Waals surface area contributed by atoms with E-state index >= 15 is 0 Å². The van der Waals surface area contributed by atoms with Gasteiger partial charge in [0, 0.05) is 20.0 Å². The summed E-state index contributed by atoms with van der Waals surface area (Å²) in [5.41, 5.74) is 0.397. The van der Waals surface area contributed by atoms with Gasteiger partial charge in [0.25, 0.3) is 11.8 Å². The Morgan fingerprint density at radius 1 is 1.18 bits per heavy atom. The van der Waals surface area contributed by atoms with E-state index in [0.717, 1.165) is 37.9 Å². The van der Waals surface area contributed by atoms with Crippen LogP contribution in [0.3, 0.4) is 0 Å². The van der Waals surface area contributed by atoms with Crippen molar-refractivity contribution in [2.75, 3.05) is 39.4 Å². The second-order valence-corrected chi connectivity index (χ2v) is 9.13. The Morgan fingerprint density at radius 3 is 2.82 bits per heavy atom. The number of unbranched alkanes of at least 4 members (excludes halogenated alkanes) is 1. The number of aromatic nitrogens is 1. The highest BCUT2D eigenvalue weighted by molar-refractivity contribution is 5.93. The maximum absolute atomic E-state index is 14.0. The van der Waals surface area contributed by atoms with E-state index in [4.69, 9.17) is 13.9 Å². The highest BCUT2D eigenvalue weighted by atomic mass is 16.5. The SMILES string of the molecule is CCCCN1CCOc2ccccc2CCCCC2(CN(C(=O)c3coc(C)n3)CCO2)C1=O. The summed E-state index contributed by atoms with van der Waals surface area (Å²) in [7, 11) is 0. The molecule has 1 saturated heterocycles. The molecule has 2 aliphatic rings. The summed E-state index contributed by atoms with van der Waals surface area (Å²) in [6.07, 6.45) is 6.43. The van der Waals surface area contributed by atoms with Gasteiger partial charge in [-0.15, -0.1) is 0 Å². The van der Waals surface area contributed by atoms with Gasteiger partial charge in [-0.05, 0) is 43.7 Å². The number of amides is 2. The molecule has 0 saturated carbocycles. The number of oxazole rings is 1. The largest absolute Gasteiger partial charge is 0.491 e. The number of fused-ring (bicyclic) bond motifs is 1. The molecular weight excluding hydrogens is 434 g/mol. The van der Waals surface area contributed by atoms with Gasteiger partial charge in [-0.1, -0.05) is 31.5 Å². The lowest BCUT2D eigenvalue weighted by Gasteiger charge is -2.44. The molecule has 0 aliphatic carbocycles. The van der Waals surface area contributed by atoms with Gasteiger partial charge in [0.2, 0.25) is 0 Å². The van der Waals surface area contributed by atoms with Crippen LogP contribution < -0.4 is 4.74 Å². The molecule has 34 heavy (non-hydrogen) atoms. The summed E-state index contributed by atoms with van der Waals surface area (Å²) in [6.45, 7) is 6.32. The normalized spacial score (nSPS) is 22.0. The highest BCUT2D eigenvalue weighted by Gasteiger charge is 2.47. The second-order valence-electron chi connectivity index (χ2n) is 9.13. The molecule has 1 unspecified atom stereocenters. The fourth-order valence-corrected chi connectivity index (χ4v) is 4.76. The van der Waals surface area contributed by atoms with Gasteiger partial charge in [0.15, 0.2) is 17.2 Å². The number of morpholine rings is 1. The van der Waals surface area contributed by atoms with Crippen molar-refractivity contribution in [3.8, 4) is 5.75 Å². The van der Waals surface area contributed by atoms with Crippen molar-refractivity contribution in [2.45, 2.75) is 58.0 Å². The molecule has 0 radical (unpaired) electrons. The Balaban J connectivity index is 1.58. The molecule has 2 aliphatic heterocycles. The van der Waals surface area contributed by atoms with Gasteiger partial charge in [0.1, 0.15) is 18.6 Å². The van der Waals surface area contributed by atoms with Gasteiger partial charge in [-0.25, -0.2) is 4.98 Å². The summed E-state index contributed by atoms with van der Waals surface area (Å²) >= 11 is 0. The molecule has 0 bridgehead atoms. The Bertz CT molecular complexity index is 990. The third-order valence-corrected chi connectivity index (χ3v) is 6.64. The smallest absolute Gasteiger partial charge is 0.276 e. The van der Waals surface area contributed by atoms with Crippen LogP contribution in [-0.4, -0.2) is 71.6 Å². The van der Waals surface area contributed by atoms with Crippen LogP contribution >= 0.6 is 0 Å². The van der Waals surface area contributed by atoms with Crippen LogP contribution in [0, 0.1) is 6.92 Å². The second kappa shape index (κ2) is 11.0. The number of para-hydroxylation sites is 1. The summed E-state index contributed by atoms with van der Waals surface area (Å²) in [5, 5.41) is 0. The minimum atomic E-state index is -1.06. The quantitative estimate of drug-likeness (QED) is 0.680. The molecule has 2 aromatic rings. The summed E-state index contributed by atoms with van der Waals surface area (Å²) < 4.78 is 17.6. The first-order chi connectivity index (χ1) is 16.5. The lowest BCUT2D eigenvalue weighted by Crippen LogP contribution is -2.62. The number of aryl methyl sites for hydroxylation is 2. The number of carbonyl (C=O) groups excluding carboxylic acids is 2. The van der Waals surface area contributed by atoms with E-state index in [1.54, 1.807) is 11.8 Å². The highest BCUT2D eigenvalue weighted by Crippen LogP contribution is 2.30. The standard InChI is InChI=1S/C26H35N3O5/c1-3-4-13-28-14-16-32-23-11-6-5-9-21(23)10-7-8-12-26(25(28)31)19-29(15-17-34-26)24(30)22-18-33-20(2)27-22/h5-6,9,11,18H,3-4,7-8,10,12-17,19H2,1-2H3. The number of benzene rings is 1. The summed E-state index contributed by atoms with van der Waals surface area (Å²) in [4.78, 5) is 34.8. The van der Waals surface area contributed by atoms with Crippen LogP contribution in [0.25, 0.3) is 0 Å². The van der Waals surface area contributed by atoms with E-state index in [1.807, 2.05) is 23.1 Å². The minimum Gasteiger partial charge on any atom is -0.491 e. The molecule has 1 aromatic heterocycles. The third-order valence-electron chi connectivity index (χ3n) is 6.64. The maximum atomic E-state index is 14.0. The van der Waals surface area contributed by atoms with Crippen molar-refractivity contribution in [2.24, 2.45) is 0 Å². The number of hydrogen-bond donors (Lipinski definition) is 0. The molecule has 4 rings (SSSR count). The Morgan fingerprint density at radius 2 is 2.03 bits per heavy atom. The predicted molar refractivity (Wildman–Crippen MR) is 127 cm³/mol. The first-order valence-electron chi connectivity index (χ1n) is 12.4. The van der Waals surface area contributed by atoms with Gasteiger partial charge < -0.3 is 23.7 Å². The molecule has 1 aromatic carbocycles.